The van der Waals surface area contributed by atoms with Crippen molar-refractivity contribution in [3.05, 3.63) is 111 Å². The van der Waals surface area contributed by atoms with Crippen molar-refractivity contribution in [1.82, 2.24) is 14.9 Å². The van der Waals surface area contributed by atoms with E-state index in [2.05, 4.69) is 9.97 Å². The summed E-state index contributed by atoms with van der Waals surface area (Å²) >= 11 is 0. The zero-order valence-electron chi connectivity index (χ0n) is 17.1. The zero-order valence-corrected chi connectivity index (χ0v) is 17.1. The maximum absolute atomic E-state index is 13.3. The van der Waals surface area contributed by atoms with Crippen molar-refractivity contribution in [1.29, 1.82) is 0 Å². The summed E-state index contributed by atoms with van der Waals surface area (Å²) in [5, 5.41) is 0.953. The molecule has 0 spiro atoms. The van der Waals surface area contributed by atoms with Crippen LogP contribution in [0.5, 0.6) is 0 Å². The van der Waals surface area contributed by atoms with Crippen LogP contribution in [0.4, 0.5) is 0 Å². The van der Waals surface area contributed by atoms with Gasteiger partial charge in [-0.1, -0.05) is 42.0 Å². The van der Waals surface area contributed by atoms with Crippen LogP contribution in [0.15, 0.2) is 77.9 Å². The second-order valence-electron chi connectivity index (χ2n) is 7.55. The normalized spacial score (nSPS) is 10.9. The fourth-order valence-electron chi connectivity index (χ4n) is 3.62. The molecule has 2 aromatic carbocycles. The van der Waals surface area contributed by atoms with Gasteiger partial charge in [-0.25, -0.2) is 0 Å². The first kappa shape index (κ1) is 19.6. The first-order valence-electron chi connectivity index (χ1n) is 9.87. The maximum Gasteiger partial charge on any atom is 0.254 e. The largest absolute Gasteiger partial charge is 0.330 e. The van der Waals surface area contributed by atoms with E-state index >= 15 is 0 Å². The highest BCUT2D eigenvalue weighted by Gasteiger charge is 2.19. The number of hydrogen-bond acceptors (Lipinski definition) is 3. The fraction of sp³-hybridized carbons (Fsp3) is 0.160. The summed E-state index contributed by atoms with van der Waals surface area (Å²) in [6.07, 6.45) is 3.44. The topological polar surface area (TPSA) is 66.1 Å². The predicted octanol–water partition coefficient (Wildman–Crippen LogP) is 4.38. The molecular formula is C25H23N3O2. The summed E-state index contributed by atoms with van der Waals surface area (Å²) in [4.78, 5) is 34.9. The number of pyridine rings is 2. The molecule has 0 fully saturated rings. The van der Waals surface area contributed by atoms with Crippen LogP contribution < -0.4 is 5.56 Å². The van der Waals surface area contributed by atoms with Gasteiger partial charge in [-0.2, -0.15) is 0 Å². The highest BCUT2D eigenvalue weighted by atomic mass is 16.2. The molecule has 0 aliphatic rings. The molecule has 30 heavy (non-hydrogen) atoms. The summed E-state index contributed by atoms with van der Waals surface area (Å²) in [5.41, 5.74) is 4.75. The number of aryl methyl sites for hydroxylation is 2. The standard InChI is InChI=1S/C25H23N3O2/c1-17-6-3-10-21(12-17)25(30)28(15-19-8-5-11-26-14-19)16-22-13-20-9-4-7-18(2)23(20)27-24(22)29/h3-14H,15-16H2,1-2H3,(H,27,29). The van der Waals surface area contributed by atoms with E-state index in [0.29, 0.717) is 17.7 Å². The Balaban J connectivity index is 1.72. The van der Waals surface area contributed by atoms with Crippen LogP contribution in [0.25, 0.3) is 10.9 Å². The van der Waals surface area contributed by atoms with Crippen LogP contribution in [0.3, 0.4) is 0 Å². The molecule has 1 N–H and O–H groups in total. The van der Waals surface area contributed by atoms with Crippen molar-refractivity contribution < 1.29 is 4.79 Å². The van der Waals surface area contributed by atoms with Gasteiger partial charge in [0.2, 0.25) is 0 Å². The van der Waals surface area contributed by atoms with Gasteiger partial charge in [-0.15, -0.1) is 0 Å². The lowest BCUT2D eigenvalue weighted by atomic mass is 10.1. The SMILES string of the molecule is Cc1cccc(C(=O)N(Cc2cccnc2)Cc2cc3cccc(C)c3[nH]c2=O)c1. The smallest absolute Gasteiger partial charge is 0.254 e. The number of carbonyl (C=O) groups excluding carboxylic acids is 1. The Morgan fingerprint density at radius 2 is 1.83 bits per heavy atom. The molecule has 2 aromatic heterocycles. The number of fused-ring (bicyclic) bond motifs is 1. The van der Waals surface area contributed by atoms with Crippen LogP contribution in [-0.4, -0.2) is 20.8 Å². The van der Waals surface area contributed by atoms with E-state index < -0.39 is 0 Å². The molecule has 5 nitrogen and oxygen atoms in total. The van der Waals surface area contributed by atoms with E-state index in [1.165, 1.54) is 0 Å². The average molecular weight is 397 g/mol. The van der Waals surface area contributed by atoms with E-state index in [4.69, 9.17) is 0 Å². The molecule has 5 heteroatoms. The fourth-order valence-corrected chi connectivity index (χ4v) is 3.62. The molecule has 2 heterocycles. The number of benzene rings is 2. The van der Waals surface area contributed by atoms with Gasteiger partial charge >= 0.3 is 0 Å². The molecule has 0 bridgehead atoms. The number of nitrogens with zero attached hydrogens (tertiary/aromatic N) is 2. The van der Waals surface area contributed by atoms with Gasteiger partial charge in [-0.05, 0) is 54.6 Å². The summed E-state index contributed by atoms with van der Waals surface area (Å²) in [5.74, 6) is -0.119. The predicted molar refractivity (Wildman–Crippen MR) is 118 cm³/mol. The van der Waals surface area contributed by atoms with Crippen molar-refractivity contribution >= 4 is 16.8 Å². The Kier molecular flexibility index (Phi) is 5.44. The number of hydrogen-bond donors (Lipinski definition) is 1. The summed E-state index contributed by atoms with van der Waals surface area (Å²) < 4.78 is 0. The minimum atomic E-state index is -0.176. The van der Waals surface area contributed by atoms with Crippen molar-refractivity contribution in [3.63, 3.8) is 0 Å². The third-order valence-electron chi connectivity index (χ3n) is 5.17. The second-order valence-corrected chi connectivity index (χ2v) is 7.55. The Morgan fingerprint density at radius 1 is 1.00 bits per heavy atom. The molecule has 4 rings (SSSR count). The molecule has 0 saturated heterocycles. The highest BCUT2D eigenvalue weighted by Crippen LogP contribution is 2.18. The van der Waals surface area contributed by atoms with Crippen molar-refractivity contribution in [2.75, 3.05) is 0 Å². The van der Waals surface area contributed by atoms with E-state index in [9.17, 15) is 9.59 Å². The maximum atomic E-state index is 13.3. The average Bonchev–Trinajstić information content (AvgIpc) is 2.75. The summed E-state index contributed by atoms with van der Waals surface area (Å²) in [7, 11) is 0. The first-order valence-corrected chi connectivity index (χ1v) is 9.87. The number of para-hydroxylation sites is 1. The molecule has 150 valence electrons. The lowest BCUT2D eigenvalue weighted by Crippen LogP contribution is -2.32. The monoisotopic (exact) mass is 397 g/mol. The van der Waals surface area contributed by atoms with Gasteiger partial charge < -0.3 is 9.88 Å². The molecule has 4 aromatic rings. The molecule has 0 saturated carbocycles. The number of H-pyrrole nitrogens is 1. The van der Waals surface area contributed by atoms with Crippen LogP contribution in [0.2, 0.25) is 0 Å². The van der Waals surface area contributed by atoms with Crippen molar-refractivity contribution in [2.45, 2.75) is 26.9 Å². The Hall–Kier alpha value is -3.73. The molecular weight excluding hydrogens is 374 g/mol. The van der Waals surface area contributed by atoms with Crippen molar-refractivity contribution in [2.24, 2.45) is 0 Å². The number of amides is 1. The Morgan fingerprint density at radius 3 is 2.60 bits per heavy atom. The minimum absolute atomic E-state index is 0.119. The van der Waals surface area contributed by atoms with Crippen LogP contribution in [-0.2, 0) is 13.1 Å². The van der Waals surface area contributed by atoms with Gasteiger partial charge in [-0.3, -0.25) is 14.6 Å². The first-order chi connectivity index (χ1) is 14.5. The van der Waals surface area contributed by atoms with E-state index in [-0.39, 0.29) is 18.0 Å². The third-order valence-corrected chi connectivity index (χ3v) is 5.17. The van der Waals surface area contributed by atoms with Crippen LogP contribution in [0.1, 0.15) is 32.6 Å². The summed E-state index contributed by atoms with van der Waals surface area (Å²) in [6.45, 7) is 4.50. The lowest BCUT2D eigenvalue weighted by molar-refractivity contribution is 0.0729. The number of aromatic nitrogens is 2. The van der Waals surface area contributed by atoms with Crippen molar-refractivity contribution in [3.8, 4) is 0 Å². The van der Waals surface area contributed by atoms with E-state index in [1.807, 2.05) is 68.4 Å². The highest BCUT2D eigenvalue weighted by molar-refractivity contribution is 5.94. The third kappa shape index (κ3) is 4.15. The zero-order chi connectivity index (χ0) is 21.1. The molecule has 0 radical (unpaired) electrons. The van der Waals surface area contributed by atoms with Gasteiger partial charge in [0, 0.05) is 30.1 Å². The number of nitrogens with one attached hydrogen (secondary N) is 1. The lowest BCUT2D eigenvalue weighted by Gasteiger charge is -2.23. The van der Waals surface area contributed by atoms with Crippen LogP contribution in [0, 0.1) is 13.8 Å². The van der Waals surface area contributed by atoms with E-state index in [1.54, 1.807) is 23.4 Å². The number of aromatic amines is 1. The van der Waals surface area contributed by atoms with E-state index in [0.717, 1.165) is 27.6 Å². The van der Waals surface area contributed by atoms with Gasteiger partial charge in [0.05, 0.1) is 12.1 Å². The Bertz CT molecular complexity index is 1260. The molecule has 0 aliphatic carbocycles. The summed E-state index contributed by atoms with van der Waals surface area (Å²) in [6, 6.07) is 19.0. The van der Waals surface area contributed by atoms with Gasteiger partial charge in [0.25, 0.3) is 11.5 Å². The molecule has 0 atom stereocenters. The number of carbonyl (C=O) groups is 1. The minimum Gasteiger partial charge on any atom is -0.330 e. The van der Waals surface area contributed by atoms with Gasteiger partial charge in [0.15, 0.2) is 0 Å². The van der Waals surface area contributed by atoms with Gasteiger partial charge in [0.1, 0.15) is 0 Å². The quantitative estimate of drug-likeness (QED) is 0.543. The molecule has 0 unspecified atom stereocenters. The second kappa shape index (κ2) is 8.33. The molecule has 0 aliphatic heterocycles. The van der Waals surface area contributed by atoms with Crippen LogP contribution >= 0.6 is 0 Å². The number of rotatable bonds is 5. The Labute approximate surface area is 175 Å². The molecule has 1 amide bonds.